The zero-order valence-corrected chi connectivity index (χ0v) is 13.1. The number of nitrogens with two attached hydrogens (primary N) is 1. The zero-order valence-electron chi connectivity index (χ0n) is 13.1. The van der Waals surface area contributed by atoms with Crippen LogP contribution in [0.15, 0.2) is 42.5 Å². The summed E-state index contributed by atoms with van der Waals surface area (Å²) in [6, 6.07) is 11.5. The number of aliphatic hydroxyl groups excluding tert-OH is 1. The molecular formula is C17H18N2O5. The summed E-state index contributed by atoms with van der Waals surface area (Å²) in [7, 11) is 1.43. The Morgan fingerprint density at radius 1 is 1.17 bits per heavy atom. The monoisotopic (exact) mass is 330 g/mol. The van der Waals surface area contributed by atoms with Crippen LogP contribution in [-0.4, -0.2) is 30.6 Å². The number of benzene rings is 2. The fraction of sp³-hybridized carbons (Fsp3) is 0.176. The van der Waals surface area contributed by atoms with Gasteiger partial charge in [-0.2, -0.15) is 0 Å². The van der Waals surface area contributed by atoms with Crippen molar-refractivity contribution >= 4 is 17.5 Å². The van der Waals surface area contributed by atoms with Crippen molar-refractivity contribution in [3.63, 3.8) is 0 Å². The summed E-state index contributed by atoms with van der Waals surface area (Å²) in [4.78, 5) is 23.1. The average Bonchev–Trinajstić information content (AvgIpc) is 2.59. The number of hydrogen-bond donors (Lipinski definition) is 3. The lowest BCUT2D eigenvalue weighted by atomic mass is 10.1. The Morgan fingerprint density at radius 2 is 1.96 bits per heavy atom. The van der Waals surface area contributed by atoms with Gasteiger partial charge in [-0.15, -0.1) is 0 Å². The number of ether oxygens (including phenoxy) is 2. The molecule has 2 amide bonds. The summed E-state index contributed by atoms with van der Waals surface area (Å²) < 4.78 is 10.4. The number of primary amides is 1. The van der Waals surface area contributed by atoms with E-state index in [4.69, 9.17) is 20.3 Å². The molecule has 0 saturated carbocycles. The van der Waals surface area contributed by atoms with Crippen LogP contribution in [0.3, 0.4) is 0 Å². The second-order valence-electron chi connectivity index (χ2n) is 4.93. The van der Waals surface area contributed by atoms with Crippen LogP contribution in [-0.2, 0) is 11.4 Å². The van der Waals surface area contributed by atoms with Crippen molar-refractivity contribution < 1.29 is 24.2 Å². The summed E-state index contributed by atoms with van der Waals surface area (Å²) >= 11 is 0. The number of aliphatic hydroxyl groups is 1. The van der Waals surface area contributed by atoms with Crippen LogP contribution < -0.4 is 20.5 Å². The summed E-state index contributed by atoms with van der Waals surface area (Å²) in [5.74, 6) is -0.324. The zero-order chi connectivity index (χ0) is 17.5. The largest absolute Gasteiger partial charge is 0.493 e. The van der Waals surface area contributed by atoms with Crippen LogP contribution in [0.2, 0.25) is 0 Å². The molecule has 7 heteroatoms. The number of carbonyl (C=O) groups is 2. The molecule has 2 aromatic rings. The van der Waals surface area contributed by atoms with Gasteiger partial charge < -0.3 is 25.6 Å². The third-order valence-electron chi connectivity index (χ3n) is 3.16. The van der Waals surface area contributed by atoms with E-state index in [0.717, 1.165) is 0 Å². The lowest BCUT2D eigenvalue weighted by molar-refractivity contribution is -0.119. The van der Waals surface area contributed by atoms with Gasteiger partial charge in [0, 0.05) is 11.3 Å². The summed E-state index contributed by atoms with van der Waals surface area (Å²) in [6.45, 7) is -0.390. The van der Waals surface area contributed by atoms with E-state index in [1.165, 1.54) is 19.2 Å². The molecule has 0 aliphatic heterocycles. The maximum atomic E-state index is 12.3. The molecule has 0 atom stereocenters. The normalized spacial score (nSPS) is 10.1. The van der Waals surface area contributed by atoms with Crippen molar-refractivity contribution in [2.45, 2.75) is 6.61 Å². The Kier molecular flexibility index (Phi) is 5.75. The van der Waals surface area contributed by atoms with Gasteiger partial charge in [-0.1, -0.05) is 12.1 Å². The molecule has 0 radical (unpaired) electrons. The number of carbonyl (C=O) groups excluding carboxylic acids is 2. The number of hydrogen-bond acceptors (Lipinski definition) is 5. The fourth-order valence-corrected chi connectivity index (χ4v) is 2.03. The van der Waals surface area contributed by atoms with Crippen LogP contribution in [0, 0.1) is 0 Å². The molecule has 0 unspecified atom stereocenters. The molecule has 24 heavy (non-hydrogen) atoms. The Labute approximate surface area is 139 Å². The molecule has 0 fully saturated rings. The second-order valence-corrected chi connectivity index (χ2v) is 4.93. The van der Waals surface area contributed by atoms with Crippen molar-refractivity contribution in [2.24, 2.45) is 5.73 Å². The van der Waals surface area contributed by atoms with Crippen LogP contribution in [0.1, 0.15) is 15.9 Å². The topological polar surface area (TPSA) is 111 Å². The average molecular weight is 330 g/mol. The highest BCUT2D eigenvalue weighted by Crippen LogP contribution is 2.28. The highest BCUT2D eigenvalue weighted by atomic mass is 16.5. The van der Waals surface area contributed by atoms with Gasteiger partial charge in [0.1, 0.15) is 0 Å². The van der Waals surface area contributed by atoms with Crippen molar-refractivity contribution in [3.8, 4) is 11.5 Å². The Hall–Kier alpha value is -3.06. The molecule has 126 valence electrons. The lowest BCUT2D eigenvalue weighted by Crippen LogP contribution is -2.20. The summed E-state index contributed by atoms with van der Waals surface area (Å²) in [5, 5.41) is 11.9. The molecule has 0 bridgehead atoms. The third-order valence-corrected chi connectivity index (χ3v) is 3.16. The first-order chi connectivity index (χ1) is 11.5. The maximum absolute atomic E-state index is 12.3. The van der Waals surface area contributed by atoms with Gasteiger partial charge in [0.2, 0.25) is 0 Å². The highest BCUT2D eigenvalue weighted by Gasteiger charge is 2.12. The molecule has 0 heterocycles. The number of methoxy groups -OCH3 is 1. The molecular weight excluding hydrogens is 312 g/mol. The first-order valence-electron chi connectivity index (χ1n) is 7.13. The molecule has 2 aromatic carbocycles. The van der Waals surface area contributed by atoms with Gasteiger partial charge in [0.05, 0.1) is 13.7 Å². The molecule has 0 aromatic heterocycles. The molecule has 0 aliphatic rings. The molecule has 7 nitrogen and oxygen atoms in total. The van der Waals surface area contributed by atoms with E-state index in [1.54, 1.807) is 30.3 Å². The summed E-state index contributed by atoms with van der Waals surface area (Å²) in [6.07, 6.45) is 0. The number of anilines is 1. The van der Waals surface area contributed by atoms with Gasteiger partial charge in [-0.05, 0) is 35.9 Å². The predicted molar refractivity (Wildman–Crippen MR) is 88.0 cm³/mol. The third kappa shape index (κ3) is 4.47. The van der Waals surface area contributed by atoms with Gasteiger partial charge in [0.15, 0.2) is 18.1 Å². The number of rotatable bonds is 7. The Morgan fingerprint density at radius 3 is 2.62 bits per heavy atom. The smallest absolute Gasteiger partial charge is 0.255 e. The molecule has 4 N–H and O–H groups in total. The van der Waals surface area contributed by atoms with Crippen molar-refractivity contribution in [1.82, 2.24) is 0 Å². The number of nitrogens with one attached hydrogen (secondary N) is 1. The second kappa shape index (κ2) is 7.98. The first-order valence-corrected chi connectivity index (χ1v) is 7.13. The minimum atomic E-state index is -0.609. The minimum Gasteiger partial charge on any atom is -0.493 e. The van der Waals surface area contributed by atoms with E-state index >= 15 is 0 Å². The van der Waals surface area contributed by atoms with E-state index in [2.05, 4.69) is 5.32 Å². The van der Waals surface area contributed by atoms with Crippen LogP contribution >= 0.6 is 0 Å². The molecule has 2 rings (SSSR count). The fourth-order valence-electron chi connectivity index (χ4n) is 2.03. The van der Waals surface area contributed by atoms with Crippen molar-refractivity contribution in [2.75, 3.05) is 19.0 Å². The maximum Gasteiger partial charge on any atom is 0.255 e. The van der Waals surface area contributed by atoms with Crippen LogP contribution in [0.5, 0.6) is 11.5 Å². The SMILES string of the molecule is COc1cc(C(=O)Nc2cccc(CO)c2)ccc1OCC(N)=O. The van der Waals surface area contributed by atoms with E-state index < -0.39 is 5.91 Å². The van der Waals surface area contributed by atoms with E-state index in [1.807, 2.05) is 0 Å². The Balaban J connectivity index is 2.15. The van der Waals surface area contributed by atoms with E-state index in [9.17, 15) is 9.59 Å². The van der Waals surface area contributed by atoms with Gasteiger partial charge in [-0.25, -0.2) is 0 Å². The lowest BCUT2D eigenvalue weighted by Gasteiger charge is -2.11. The van der Waals surface area contributed by atoms with E-state index in [-0.39, 0.29) is 19.1 Å². The number of amides is 2. The summed E-state index contributed by atoms with van der Waals surface area (Å²) in [5.41, 5.74) is 6.65. The predicted octanol–water partition coefficient (Wildman–Crippen LogP) is 1.30. The quantitative estimate of drug-likeness (QED) is 0.709. The minimum absolute atomic E-state index is 0.108. The van der Waals surface area contributed by atoms with Crippen molar-refractivity contribution in [1.29, 1.82) is 0 Å². The molecule has 0 spiro atoms. The first kappa shape index (κ1) is 17.3. The van der Waals surface area contributed by atoms with Crippen LogP contribution in [0.4, 0.5) is 5.69 Å². The molecule has 0 aliphatic carbocycles. The van der Waals surface area contributed by atoms with Gasteiger partial charge >= 0.3 is 0 Å². The van der Waals surface area contributed by atoms with Crippen LogP contribution in [0.25, 0.3) is 0 Å². The standard InChI is InChI=1S/C17H18N2O5/c1-23-15-8-12(5-6-14(15)24-10-16(18)21)17(22)19-13-4-2-3-11(7-13)9-20/h2-8,20H,9-10H2,1H3,(H2,18,21)(H,19,22). The highest BCUT2D eigenvalue weighted by molar-refractivity contribution is 6.04. The van der Waals surface area contributed by atoms with E-state index in [0.29, 0.717) is 28.3 Å². The van der Waals surface area contributed by atoms with Crippen molar-refractivity contribution in [3.05, 3.63) is 53.6 Å². The Bertz CT molecular complexity index is 746. The van der Waals surface area contributed by atoms with Gasteiger partial charge in [0.25, 0.3) is 11.8 Å². The molecule has 0 saturated heterocycles. The van der Waals surface area contributed by atoms with Gasteiger partial charge in [-0.3, -0.25) is 9.59 Å².